The Kier molecular flexibility index (Phi) is 7.77. The fourth-order valence-corrected chi connectivity index (χ4v) is 4.97. The van der Waals surface area contributed by atoms with Crippen LogP contribution in [0, 0.1) is 0 Å². The lowest BCUT2D eigenvalue weighted by Crippen LogP contribution is -2.51. The van der Waals surface area contributed by atoms with E-state index < -0.39 is 11.7 Å². The van der Waals surface area contributed by atoms with Gasteiger partial charge in [-0.05, 0) is 59.7 Å². The second kappa shape index (κ2) is 10.5. The molecule has 0 aliphatic carbocycles. The van der Waals surface area contributed by atoms with Crippen molar-refractivity contribution in [1.82, 2.24) is 4.90 Å². The van der Waals surface area contributed by atoms with Crippen LogP contribution in [-0.2, 0) is 17.4 Å². The zero-order valence-corrected chi connectivity index (χ0v) is 21.2. The summed E-state index contributed by atoms with van der Waals surface area (Å²) in [6.07, 6.45) is -4.76. The highest BCUT2D eigenvalue weighted by molar-refractivity contribution is 6.36. The van der Waals surface area contributed by atoms with Crippen LogP contribution in [0.2, 0.25) is 20.1 Å². The Morgan fingerprint density at radius 3 is 2.20 bits per heavy atom. The summed E-state index contributed by atoms with van der Waals surface area (Å²) >= 11 is 24.7. The second-order valence-electron chi connectivity index (χ2n) is 8.18. The van der Waals surface area contributed by atoms with Crippen LogP contribution in [0.4, 0.5) is 18.9 Å². The van der Waals surface area contributed by atoms with Crippen molar-refractivity contribution >= 4 is 58.0 Å². The highest BCUT2D eigenvalue weighted by Gasteiger charge is 2.34. The number of piperazine rings is 1. The molecule has 1 aliphatic rings. The van der Waals surface area contributed by atoms with Gasteiger partial charge in [0.15, 0.2) is 0 Å². The van der Waals surface area contributed by atoms with Crippen molar-refractivity contribution in [2.75, 3.05) is 24.5 Å². The molecule has 35 heavy (non-hydrogen) atoms. The maximum absolute atomic E-state index is 13.2. The molecule has 3 aromatic rings. The number of amides is 1. The zero-order chi connectivity index (χ0) is 25.3. The van der Waals surface area contributed by atoms with Gasteiger partial charge in [0, 0.05) is 34.7 Å². The van der Waals surface area contributed by atoms with Gasteiger partial charge in [0.2, 0.25) is 5.91 Å². The molecule has 1 fully saturated rings. The smallest absolute Gasteiger partial charge is 0.360 e. The monoisotopic (exact) mass is 560 g/mol. The molecule has 0 bridgehead atoms. The van der Waals surface area contributed by atoms with Gasteiger partial charge in [-0.15, -0.1) is 0 Å². The molecule has 4 rings (SSSR count). The Morgan fingerprint density at radius 2 is 1.54 bits per heavy atom. The van der Waals surface area contributed by atoms with Crippen molar-refractivity contribution in [2.45, 2.75) is 18.6 Å². The number of carbonyl (C=O) groups is 1. The molecule has 3 aromatic carbocycles. The van der Waals surface area contributed by atoms with Gasteiger partial charge in [-0.25, -0.2) is 0 Å². The number of hydrogen-bond acceptors (Lipinski definition) is 2. The van der Waals surface area contributed by atoms with Gasteiger partial charge < -0.3 is 9.80 Å². The van der Waals surface area contributed by atoms with Crippen LogP contribution in [0.15, 0.2) is 60.7 Å². The number of rotatable bonds is 4. The molecule has 184 valence electrons. The Balaban J connectivity index is 1.61. The van der Waals surface area contributed by atoms with E-state index in [4.69, 9.17) is 46.4 Å². The van der Waals surface area contributed by atoms with Gasteiger partial charge in [0.1, 0.15) is 0 Å². The SMILES string of the molecule is O=C(Cc1cc(C(F)(F)F)ccc1Cl)N1CCN(c2ccc(Cl)cc2Cl)C(c2ccc(Cl)cc2)C1. The Morgan fingerprint density at radius 1 is 0.857 bits per heavy atom. The van der Waals surface area contributed by atoms with Crippen LogP contribution in [0.5, 0.6) is 0 Å². The van der Waals surface area contributed by atoms with Gasteiger partial charge in [0.05, 0.1) is 28.7 Å². The molecular weight excluding hydrogens is 543 g/mol. The quantitative estimate of drug-likeness (QED) is 0.322. The minimum absolute atomic E-state index is 0.118. The Labute approximate surface area is 220 Å². The van der Waals surface area contributed by atoms with E-state index in [-0.39, 0.29) is 29.0 Å². The maximum Gasteiger partial charge on any atom is 0.416 e. The highest BCUT2D eigenvalue weighted by atomic mass is 35.5. The minimum Gasteiger partial charge on any atom is -0.360 e. The third-order valence-corrected chi connectivity index (χ3v) is 7.08. The fraction of sp³-hybridized carbons (Fsp3) is 0.240. The predicted molar refractivity (Wildman–Crippen MR) is 135 cm³/mol. The number of nitrogens with zero attached hydrogens (tertiary/aromatic N) is 2. The normalized spacial score (nSPS) is 16.5. The fourth-order valence-electron chi connectivity index (χ4n) is 4.14. The Hall–Kier alpha value is -2.12. The molecule has 10 heteroatoms. The first-order chi connectivity index (χ1) is 16.5. The number of carbonyl (C=O) groups excluding carboxylic acids is 1. The van der Waals surface area contributed by atoms with E-state index in [9.17, 15) is 18.0 Å². The number of anilines is 1. The first-order valence-corrected chi connectivity index (χ1v) is 12.1. The van der Waals surface area contributed by atoms with Gasteiger partial charge in [-0.1, -0.05) is 58.5 Å². The van der Waals surface area contributed by atoms with Gasteiger partial charge >= 0.3 is 6.18 Å². The molecule has 1 amide bonds. The highest BCUT2D eigenvalue weighted by Crippen LogP contribution is 2.37. The third-order valence-electron chi connectivity index (χ3n) is 5.92. The standard InChI is InChI=1S/C25H19Cl4F3N2O/c26-18-4-1-15(2-5-18)23-14-33(9-10-34(23)22-8-6-19(27)13-21(22)29)24(35)12-16-11-17(25(30,31)32)3-7-20(16)28/h1-8,11,13,23H,9-10,12,14H2. The third kappa shape index (κ3) is 6.00. The lowest BCUT2D eigenvalue weighted by molar-refractivity contribution is -0.138. The summed E-state index contributed by atoms with van der Waals surface area (Å²) < 4.78 is 39.4. The van der Waals surface area contributed by atoms with Crippen LogP contribution >= 0.6 is 46.4 Å². The summed E-state index contributed by atoms with van der Waals surface area (Å²) in [5.74, 6) is -0.313. The van der Waals surface area contributed by atoms with Gasteiger partial charge in [-0.2, -0.15) is 13.2 Å². The average molecular weight is 562 g/mol. The number of hydrogen-bond donors (Lipinski definition) is 0. The van der Waals surface area contributed by atoms with Crippen molar-refractivity contribution in [3.05, 3.63) is 97.4 Å². The van der Waals surface area contributed by atoms with E-state index in [1.807, 2.05) is 18.2 Å². The molecule has 3 nitrogen and oxygen atoms in total. The molecule has 0 spiro atoms. The first kappa shape index (κ1) is 26.0. The van der Waals surface area contributed by atoms with Gasteiger partial charge in [-0.3, -0.25) is 4.79 Å². The molecule has 1 heterocycles. The molecule has 0 N–H and O–H groups in total. The van der Waals surface area contributed by atoms with Crippen molar-refractivity contribution in [3.63, 3.8) is 0 Å². The predicted octanol–water partition coefficient (Wildman–Crippen LogP) is 7.95. The average Bonchev–Trinajstić information content (AvgIpc) is 2.80. The molecule has 1 saturated heterocycles. The number of halogens is 7. The summed E-state index contributed by atoms with van der Waals surface area (Å²) in [5.41, 5.74) is 0.975. The van der Waals surface area contributed by atoms with Gasteiger partial charge in [0.25, 0.3) is 0 Å². The largest absolute Gasteiger partial charge is 0.416 e. The van der Waals surface area contributed by atoms with Crippen LogP contribution in [-0.4, -0.2) is 30.4 Å². The second-order valence-corrected chi connectivity index (χ2v) is 9.86. The van der Waals surface area contributed by atoms with E-state index in [1.54, 1.807) is 29.2 Å². The lowest BCUT2D eigenvalue weighted by Gasteiger charge is -2.43. The first-order valence-electron chi connectivity index (χ1n) is 10.6. The number of alkyl halides is 3. The zero-order valence-electron chi connectivity index (χ0n) is 18.1. The van der Waals surface area contributed by atoms with Crippen LogP contribution < -0.4 is 4.90 Å². The maximum atomic E-state index is 13.2. The van der Waals surface area contributed by atoms with E-state index >= 15 is 0 Å². The molecular formula is C25H19Cl4F3N2O. The summed E-state index contributed by atoms with van der Waals surface area (Å²) in [6.45, 7) is 1.12. The minimum atomic E-state index is -4.52. The van der Waals surface area contributed by atoms with Crippen LogP contribution in [0.25, 0.3) is 0 Å². The summed E-state index contributed by atoms with van der Waals surface area (Å²) in [5, 5.41) is 1.68. The van der Waals surface area contributed by atoms with Crippen molar-refractivity contribution in [2.24, 2.45) is 0 Å². The van der Waals surface area contributed by atoms with E-state index in [1.165, 1.54) is 6.07 Å². The molecule has 0 radical (unpaired) electrons. The molecule has 1 aliphatic heterocycles. The summed E-state index contributed by atoms with van der Waals surface area (Å²) in [4.78, 5) is 16.9. The molecule has 0 aromatic heterocycles. The summed E-state index contributed by atoms with van der Waals surface area (Å²) in [7, 11) is 0. The van der Waals surface area contributed by atoms with Crippen molar-refractivity contribution in [3.8, 4) is 0 Å². The molecule has 1 unspecified atom stereocenters. The molecule has 0 saturated carbocycles. The van der Waals surface area contributed by atoms with E-state index in [2.05, 4.69) is 4.90 Å². The Bertz CT molecular complexity index is 1230. The van der Waals surface area contributed by atoms with E-state index in [0.29, 0.717) is 34.7 Å². The topological polar surface area (TPSA) is 23.6 Å². The van der Waals surface area contributed by atoms with Crippen LogP contribution in [0.1, 0.15) is 22.7 Å². The summed E-state index contributed by atoms with van der Waals surface area (Å²) in [6, 6.07) is 15.3. The number of benzene rings is 3. The molecule has 1 atom stereocenters. The van der Waals surface area contributed by atoms with Crippen LogP contribution in [0.3, 0.4) is 0 Å². The lowest BCUT2D eigenvalue weighted by atomic mass is 10.00. The van der Waals surface area contributed by atoms with Crippen molar-refractivity contribution < 1.29 is 18.0 Å². The van der Waals surface area contributed by atoms with E-state index in [0.717, 1.165) is 23.4 Å². The van der Waals surface area contributed by atoms with Crippen molar-refractivity contribution in [1.29, 1.82) is 0 Å².